The molecule has 0 aromatic carbocycles. The number of aromatic amines is 1. The number of aliphatic hydroxyl groups excluding tert-OH is 1. The lowest BCUT2D eigenvalue weighted by Gasteiger charge is -2.35. The van der Waals surface area contributed by atoms with Crippen molar-refractivity contribution in [2.24, 2.45) is 7.05 Å². The molecule has 8 heteroatoms. The summed E-state index contributed by atoms with van der Waals surface area (Å²) in [5.74, 6) is 0.185. The number of nitrogens with zero attached hydrogens (tertiary/aromatic N) is 3. The normalized spacial score (nSPS) is 16.8. The number of piperazine rings is 1. The third-order valence-electron chi connectivity index (χ3n) is 3.45. The van der Waals surface area contributed by atoms with Crippen molar-refractivity contribution in [2.45, 2.75) is 0 Å². The predicted molar refractivity (Wildman–Crippen MR) is 72.5 cm³/mol. The molecular weight excluding hydrogens is 250 g/mol. The summed E-state index contributed by atoms with van der Waals surface area (Å²) in [7, 11) is 1.53. The van der Waals surface area contributed by atoms with E-state index in [1.54, 1.807) is 0 Å². The minimum absolute atomic E-state index is 0.128. The molecule has 1 aromatic heterocycles. The molecule has 0 aliphatic carbocycles. The number of hydrogen-bond acceptors (Lipinski definition) is 6. The lowest BCUT2D eigenvalue weighted by atomic mass is 10.3. The number of H-pyrrole nitrogens is 1. The van der Waals surface area contributed by atoms with Gasteiger partial charge in [0.1, 0.15) is 11.5 Å². The SMILES string of the molecule is Cn1c(N)c(N2CCN(CCO)CC2)c(=O)[nH]c1=O. The van der Waals surface area contributed by atoms with Gasteiger partial charge in [0, 0.05) is 39.8 Å². The van der Waals surface area contributed by atoms with Crippen LogP contribution in [0.25, 0.3) is 0 Å². The van der Waals surface area contributed by atoms with Gasteiger partial charge in [-0.05, 0) is 0 Å². The van der Waals surface area contributed by atoms with E-state index in [0.29, 0.717) is 25.3 Å². The van der Waals surface area contributed by atoms with Gasteiger partial charge in [0.05, 0.1) is 6.61 Å². The Morgan fingerprint density at radius 3 is 2.47 bits per heavy atom. The second kappa shape index (κ2) is 5.45. The Morgan fingerprint density at radius 1 is 1.26 bits per heavy atom. The fourth-order valence-corrected chi connectivity index (χ4v) is 2.27. The Labute approximate surface area is 110 Å². The Bertz CT molecular complexity index is 556. The van der Waals surface area contributed by atoms with Crippen molar-refractivity contribution in [2.75, 3.05) is 50.0 Å². The molecule has 0 spiro atoms. The van der Waals surface area contributed by atoms with Crippen molar-refractivity contribution >= 4 is 11.5 Å². The number of nitrogens with two attached hydrogens (primary N) is 1. The monoisotopic (exact) mass is 269 g/mol. The number of anilines is 2. The molecule has 1 aliphatic heterocycles. The van der Waals surface area contributed by atoms with E-state index in [4.69, 9.17) is 10.8 Å². The number of aromatic nitrogens is 2. The maximum Gasteiger partial charge on any atom is 0.329 e. The summed E-state index contributed by atoms with van der Waals surface area (Å²) >= 11 is 0. The molecule has 0 atom stereocenters. The van der Waals surface area contributed by atoms with Gasteiger partial charge in [-0.25, -0.2) is 4.79 Å². The first kappa shape index (κ1) is 13.6. The van der Waals surface area contributed by atoms with Crippen molar-refractivity contribution < 1.29 is 5.11 Å². The van der Waals surface area contributed by atoms with Crippen LogP contribution in [0.4, 0.5) is 11.5 Å². The van der Waals surface area contributed by atoms with Crippen molar-refractivity contribution in [3.8, 4) is 0 Å². The summed E-state index contributed by atoms with van der Waals surface area (Å²) < 4.78 is 1.23. The smallest absolute Gasteiger partial charge is 0.329 e. The molecule has 1 aromatic rings. The lowest BCUT2D eigenvalue weighted by molar-refractivity contribution is 0.188. The molecule has 1 aliphatic rings. The fourth-order valence-electron chi connectivity index (χ4n) is 2.27. The first-order valence-electron chi connectivity index (χ1n) is 6.21. The molecule has 106 valence electrons. The van der Waals surface area contributed by atoms with Gasteiger partial charge in [-0.3, -0.25) is 19.2 Å². The van der Waals surface area contributed by atoms with Crippen LogP contribution in [0.2, 0.25) is 0 Å². The van der Waals surface area contributed by atoms with Gasteiger partial charge >= 0.3 is 5.69 Å². The highest BCUT2D eigenvalue weighted by Gasteiger charge is 2.22. The zero-order valence-corrected chi connectivity index (χ0v) is 10.9. The average molecular weight is 269 g/mol. The Hall–Kier alpha value is -1.80. The standard InChI is InChI=1S/C11H19N5O3/c1-14-9(12)8(10(18)13-11(14)19)16-4-2-15(3-5-16)6-7-17/h17H,2-7,12H2,1H3,(H,13,18,19). The molecular formula is C11H19N5O3. The first-order valence-corrected chi connectivity index (χ1v) is 6.21. The van der Waals surface area contributed by atoms with Gasteiger partial charge in [-0.2, -0.15) is 0 Å². The summed E-state index contributed by atoms with van der Waals surface area (Å²) in [6.45, 7) is 3.55. The van der Waals surface area contributed by atoms with Crippen LogP contribution in [0.5, 0.6) is 0 Å². The van der Waals surface area contributed by atoms with Gasteiger partial charge in [-0.1, -0.05) is 0 Å². The minimum Gasteiger partial charge on any atom is -0.395 e. The average Bonchev–Trinajstić information content (AvgIpc) is 2.38. The summed E-state index contributed by atoms with van der Waals surface area (Å²) in [5, 5.41) is 8.89. The van der Waals surface area contributed by atoms with Crippen LogP contribution in [-0.2, 0) is 7.05 Å². The van der Waals surface area contributed by atoms with Crippen molar-refractivity contribution in [3.05, 3.63) is 20.8 Å². The van der Waals surface area contributed by atoms with Gasteiger partial charge in [0.25, 0.3) is 5.56 Å². The minimum atomic E-state index is -0.509. The zero-order valence-electron chi connectivity index (χ0n) is 10.9. The molecule has 19 heavy (non-hydrogen) atoms. The van der Waals surface area contributed by atoms with E-state index in [9.17, 15) is 9.59 Å². The number of nitrogen functional groups attached to an aromatic ring is 1. The molecule has 0 radical (unpaired) electrons. The van der Waals surface area contributed by atoms with Crippen LogP contribution >= 0.6 is 0 Å². The first-order chi connectivity index (χ1) is 9.04. The third-order valence-corrected chi connectivity index (χ3v) is 3.45. The number of rotatable bonds is 3. The molecule has 4 N–H and O–H groups in total. The van der Waals surface area contributed by atoms with Crippen LogP contribution in [0.15, 0.2) is 9.59 Å². The number of nitrogens with one attached hydrogen (secondary N) is 1. The van der Waals surface area contributed by atoms with Crippen molar-refractivity contribution in [1.29, 1.82) is 0 Å². The Kier molecular flexibility index (Phi) is 3.91. The van der Waals surface area contributed by atoms with Crippen LogP contribution < -0.4 is 21.9 Å². The van der Waals surface area contributed by atoms with E-state index in [-0.39, 0.29) is 12.4 Å². The highest BCUT2D eigenvalue weighted by Crippen LogP contribution is 2.17. The fraction of sp³-hybridized carbons (Fsp3) is 0.636. The van der Waals surface area contributed by atoms with E-state index in [2.05, 4.69) is 9.88 Å². The number of hydrogen-bond donors (Lipinski definition) is 3. The molecule has 0 amide bonds. The van der Waals surface area contributed by atoms with Gasteiger partial charge in [0.2, 0.25) is 0 Å². The molecule has 1 saturated heterocycles. The maximum atomic E-state index is 11.9. The van der Waals surface area contributed by atoms with Crippen molar-refractivity contribution in [1.82, 2.24) is 14.5 Å². The quantitative estimate of drug-likeness (QED) is 0.573. The highest BCUT2D eigenvalue weighted by atomic mass is 16.3. The summed E-state index contributed by atoms with van der Waals surface area (Å²) in [6, 6.07) is 0. The number of aliphatic hydroxyl groups is 1. The summed E-state index contributed by atoms with van der Waals surface area (Å²) in [5.41, 5.74) is 5.25. The highest BCUT2D eigenvalue weighted by molar-refractivity contribution is 5.62. The van der Waals surface area contributed by atoms with Crippen LogP contribution in [-0.4, -0.2) is 58.9 Å². The van der Waals surface area contributed by atoms with E-state index in [0.717, 1.165) is 13.1 Å². The maximum absolute atomic E-state index is 11.9. The number of β-amino-alcohol motifs (C(OH)–C–C–N with tert-alkyl or cyclic N) is 1. The molecule has 8 nitrogen and oxygen atoms in total. The Balaban J connectivity index is 2.23. The van der Waals surface area contributed by atoms with Gasteiger partial charge in [-0.15, -0.1) is 0 Å². The predicted octanol–water partition coefficient (Wildman–Crippen LogP) is -2.23. The Morgan fingerprint density at radius 2 is 1.89 bits per heavy atom. The molecule has 0 unspecified atom stereocenters. The molecule has 1 fully saturated rings. The second-order valence-electron chi connectivity index (χ2n) is 4.60. The van der Waals surface area contributed by atoms with E-state index >= 15 is 0 Å². The summed E-state index contributed by atoms with van der Waals surface area (Å²) in [6.07, 6.45) is 0. The van der Waals surface area contributed by atoms with E-state index in [1.807, 2.05) is 4.90 Å². The molecule has 0 saturated carbocycles. The molecule has 0 bridgehead atoms. The topological polar surface area (TPSA) is 108 Å². The largest absolute Gasteiger partial charge is 0.395 e. The van der Waals surface area contributed by atoms with E-state index < -0.39 is 11.2 Å². The lowest BCUT2D eigenvalue weighted by Crippen LogP contribution is -2.49. The third kappa shape index (κ3) is 2.64. The molecule has 2 rings (SSSR count). The van der Waals surface area contributed by atoms with Gasteiger partial charge in [0.15, 0.2) is 0 Å². The van der Waals surface area contributed by atoms with Crippen LogP contribution in [0.1, 0.15) is 0 Å². The van der Waals surface area contributed by atoms with Crippen LogP contribution in [0, 0.1) is 0 Å². The second-order valence-corrected chi connectivity index (χ2v) is 4.60. The summed E-state index contributed by atoms with van der Waals surface area (Å²) in [4.78, 5) is 29.5. The van der Waals surface area contributed by atoms with Gasteiger partial charge < -0.3 is 15.7 Å². The van der Waals surface area contributed by atoms with E-state index in [1.165, 1.54) is 11.6 Å². The molecule has 2 heterocycles. The van der Waals surface area contributed by atoms with Crippen LogP contribution in [0.3, 0.4) is 0 Å². The zero-order chi connectivity index (χ0) is 14.0. The van der Waals surface area contributed by atoms with Crippen molar-refractivity contribution in [3.63, 3.8) is 0 Å².